The van der Waals surface area contributed by atoms with Crippen LogP contribution in [0, 0.1) is 11.6 Å². The van der Waals surface area contributed by atoms with Crippen LogP contribution in [0.2, 0.25) is 0 Å². The molecule has 0 aliphatic carbocycles. The van der Waals surface area contributed by atoms with E-state index in [-0.39, 0.29) is 0 Å². The van der Waals surface area contributed by atoms with Crippen molar-refractivity contribution in [1.29, 1.82) is 0 Å². The molecule has 0 saturated heterocycles. The van der Waals surface area contributed by atoms with E-state index in [1.54, 1.807) is 31.2 Å². The molecule has 0 aliphatic rings. The quantitative estimate of drug-likeness (QED) is 0.883. The summed E-state index contributed by atoms with van der Waals surface area (Å²) < 4.78 is 54.5. The van der Waals surface area contributed by atoms with Crippen LogP contribution in [0.15, 0.2) is 51.8 Å². The van der Waals surface area contributed by atoms with Crippen LogP contribution in [0.3, 0.4) is 0 Å². The van der Waals surface area contributed by atoms with Gasteiger partial charge in [-0.3, -0.25) is 0 Å². The lowest BCUT2D eigenvalue weighted by Gasteiger charge is -2.15. The monoisotopic (exact) mass is 375 g/mol. The Morgan fingerprint density at radius 2 is 1.57 bits per heavy atom. The Labute approximate surface area is 130 Å². The van der Waals surface area contributed by atoms with E-state index >= 15 is 0 Å². The summed E-state index contributed by atoms with van der Waals surface area (Å²) in [5.41, 5.74) is 0.679. The zero-order valence-electron chi connectivity index (χ0n) is 11.0. The summed E-state index contributed by atoms with van der Waals surface area (Å²) in [6, 6.07) is 9.24. The average molecular weight is 376 g/mol. The second-order valence-electron chi connectivity index (χ2n) is 4.45. The number of nitrogens with one attached hydrogen (secondary N) is 1. The number of sulfonamides is 1. The highest BCUT2D eigenvalue weighted by Gasteiger charge is 2.25. The molecule has 0 bridgehead atoms. The predicted molar refractivity (Wildman–Crippen MR) is 79.2 cm³/mol. The highest BCUT2D eigenvalue weighted by atomic mass is 79.9. The smallest absolute Gasteiger partial charge is 0.207 e. The summed E-state index contributed by atoms with van der Waals surface area (Å²) in [5, 5.41) is 0. The van der Waals surface area contributed by atoms with Gasteiger partial charge in [0.1, 0.15) is 11.6 Å². The molecule has 2 aromatic rings. The lowest BCUT2D eigenvalue weighted by Crippen LogP contribution is -2.28. The molecular weight excluding hydrogens is 364 g/mol. The van der Waals surface area contributed by atoms with Crippen molar-refractivity contribution in [3.63, 3.8) is 0 Å². The van der Waals surface area contributed by atoms with Crippen LogP contribution >= 0.6 is 15.9 Å². The summed E-state index contributed by atoms with van der Waals surface area (Å²) >= 11 is 3.27. The van der Waals surface area contributed by atoms with Crippen LogP contribution in [0.25, 0.3) is 0 Å². The van der Waals surface area contributed by atoms with Gasteiger partial charge in [-0.15, -0.1) is 0 Å². The van der Waals surface area contributed by atoms with Crippen LogP contribution in [0.1, 0.15) is 18.5 Å². The standard InChI is InChI=1S/C14H12BrF2NO2S/c1-9(10-5-7-11(15)8-6-10)18-21(19,20)14-12(16)3-2-4-13(14)17/h2-9,18H,1H3/t9-/m0/s1. The summed E-state index contributed by atoms with van der Waals surface area (Å²) in [5.74, 6) is -2.24. The first kappa shape index (κ1) is 16.1. The Kier molecular flexibility index (Phi) is 4.75. The van der Waals surface area contributed by atoms with E-state index in [1.807, 2.05) is 0 Å². The zero-order chi connectivity index (χ0) is 15.6. The van der Waals surface area contributed by atoms with Crippen LogP contribution in [-0.2, 0) is 10.0 Å². The maximum absolute atomic E-state index is 13.6. The Hall–Kier alpha value is -1.31. The van der Waals surface area contributed by atoms with Crippen LogP contribution in [-0.4, -0.2) is 8.42 Å². The maximum atomic E-state index is 13.6. The molecular formula is C14H12BrF2NO2S. The van der Waals surface area contributed by atoms with E-state index in [9.17, 15) is 17.2 Å². The Morgan fingerprint density at radius 3 is 2.10 bits per heavy atom. The number of halogens is 3. The van der Waals surface area contributed by atoms with Crippen LogP contribution in [0.4, 0.5) is 8.78 Å². The topological polar surface area (TPSA) is 46.2 Å². The van der Waals surface area contributed by atoms with Gasteiger partial charge in [-0.1, -0.05) is 34.1 Å². The van der Waals surface area contributed by atoms with Gasteiger partial charge in [0.25, 0.3) is 0 Å². The molecule has 21 heavy (non-hydrogen) atoms. The summed E-state index contributed by atoms with van der Waals surface area (Å²) in [6.45, 7) is 1.60. The van der Waals surface area contributed by atoms with Crippen molar-refractivity contribution in [1.82, 2.24) is 4.72 Å². The van der Waals surface area contributed by atoms with Crippen molar-refractivity contribution in [2.45, 2.75) is 17.9 Å². The van der Waals surface area contributed by atoms with Crippen molar-refractivity contribution < 1.29 is 17.2 Å². The second-order valence-corrected chi connectivity index (χ2v) is 7.01. The molecule has 0 radical (unpaired) electrons. The predicted octanol–water partition coefficient (Wildman–Crippen LogP) is 3.77. The number of hydrogen-bond donors (Lipinski definition) is 1. The fourth-order valence-electron chi connectivity index (χ4n) is 1.85. The third-order valence-corrected chi connectivity index (χ3v) is 5.01. The molecule has 2 aromatic carbocycles. The average Bonchev–Trinajstić information content (AvgIpc) is 2.38. The molecule has 0 heterocycles. The van der Waals surface area contributed by atoms with Crippen LogP contribution < -0.4 is 4.72 Å². The minimum absolute atomic E-state index is 0.623. The van der Waals surface area contributed by atoms with E-state index in [0.717, 1.165) is 22.7 Å². The third-order valence-electron chi connectivity index (χ3n) is 2.89. The summed E-state index contributed by atoms with van der Waals surface area (Å²) in [4.78, 5) is -0.964. The van der Waals surface area contributed by atoms with Gasteiger partial charge in [0.15, 0.2) is 4.90 Å². The summed E-state index contributed by atoms with van der Waals surface area (Å²) in [6.07, 6.45) is 0. The molecule has 0 spiro atoms. The molecule has 2 rings (SSSR count). The second kappa shape index (κ2) is 6.21. The first-order valence-corrected chi connectivity index (χ1v) is 8.30. The van der Waals surface area contributed by atoms with Gasteiger partial charge in [0.2, 0.25) is 10.0 Å². The van der Waals surface area contributed by atoms with E-state index in [0.29, 0.717) is 5.56 Å². The molecule has 3 nitrogen and oxygen atoms in total. The normalized spacial score (nSPS) is 13.1. The first-order chi connectivity index (χ1) is 9.81. The molecule has 0 saturated carbocycles. The molecule has 0 fully saturated rings. The highest BCUT2D eigenvalue weighted by Crippen LogP contribution is 2.22. The highest BCUT2D eigenvalue weighted by molar-refractivity contribution is 9.10. The van der Waals surface area contributed by atoms with Crippen molar-refractivity contribution in [2.75, 3.05) is 0 Å². The number of rotatable bonds is 4. The van der Waals surface area contributed by atoms with Gasteiger partial charge in [0, 0.05) is 10.5 Å². The fraction of sp³-hybridized carbons (Fsp3) is 0.143. The van der Waals surface area contributed by atoms with E-state index in [2.05, 4.69) is 20.7 Å². The van der Waals surface area contributed by atoms with Crippen molar-refractivity contribution in [3.05, 3.63) is 64.1 Å². The van der Waals surface area contributed by atoms with Gasteiger partial charge in [-0.25, -0.2) is 21.9 Å². The molecule has 7 heteroatoms. The fourth-order valence-corrected chi connectivity index (χ4v) is 3.48. The SMILES string of the molecule is C[C@H](NS(=O)(=O)c1c(F)cccc1F)c1ccc(Br)cc1. The molecule has 0 aromatic heterocycles. The Morgan fingerprint density at radius 1 is 1.05 bits per heavy atom. The van der Waals surface area contributed by atoms with E-state index < -0.39 is 32.6 Å². The summed E-state index contributed by atoms with van der Waals surface area (Å²) in [7, 11) is -4.29. The zero-order valence-corrected chi connectivity index (χ0v) is 13.4. The van der Waals surface area contributed by atoms with Crippen molar-refractivity contribution in [2.24, 2.45) is 0 Å². The van der Waals surface area contributed by atoms with Gasteiger partial charge in [-0.2, -0.15) is 0 Å². The van der Waals surface area contributed by atoms with E-state index in [4.69, 9.17) is 0 Å². The van der Waals surface area contributed by atoms with Gasteiger partial charge in [-0.05, 0) is 36.8 Å². The van der Waals surface area contributed by atoms with Crippen molar-refractivity contribution >= 4 is 26.0 Å². The number of hydrogen-bond acceptors (Lipinski definition) is 2. The Bertz CT molecular complexity index is 728. The minimum atomic E-state index is -4.29. The molecule has 112 valence electrons. The van der Waals surface area contributed by atoms with Gasteiger partial charge < -0.3 is 0 Å². The molecule has 0 unspecified atom stereocenters. The number of benzene rings is 2. The maximum Gasteiger partial charge on any atom is 0.246 e. The molecule has 0 aliphatic heterocycles. The third kappa shape index (κ3) is 3.66. The minimum Gasteiger partial charge on any atom is -0.207 e. The van der Waals surface area contributed by atoms with Crippen molar-refractivity contribution in [3.8, 4) is 0 Å². The lowest BCUT2D eigenvalue weighted by molar-refractivity contribution is 0.509. The lowest BCUT2D eigenvalue weighted by atomic mass is 10.1. The largest absolute Gasteiger partial charge is 0.246 e. The molecule has 1 N–H and O–H groups in total. The molecule has 1 atom stereocenters. The van der Waals surface area contributed by atoms with Gasteiger partial charge >= 0.3 is 0 Å². The van der Waals surface area contributed by atoms with Crippen LogP contribution in [0.5, 0.6) is 0 Å². The first-order valence-electron chi connectivity index (χ1n) is 6.03. The van der Waals surface area contributed by atoms with Gasteiger partial charge in [0.05, 0.1) is 0 Å². The van der Waals surface area contributed by atoms with E-state index in [1.165, 1.54) is 0 Å². The molecule has 0 amide bonds. The Balaban J connectivity index is 2.31.